The van der Waals surface area contributed by atoms with Gasteiger partial charge < -0.3 is 10.0 Å². The first-order valence-corrected chi connectivity index (χ1v) is 10.8. The maximum Gasteiger partial charge on any atom is 0.295 e. The molecule has 4 rings (SSSR count). The monoisotopic (exact) mass is 425 g/mol. The maximum atomic E-state index is 13.2. The summed E-state index contributed by atoms with van der Waals surface area (Å²) in [4.78, 5) is 27.9. The van der Waals surface area contributed by atoms with Crippen molar-refractivity contribution in [2.75, 3.05) is 6.54 Å². The van der Waals surface area contributed by atoms with Crippen molar-refractivity contribution in [2.24, 2.45) is 0 Å². The van der Waals surface area contributed by atoms with E-state index in [1.54, 1.807) is 4.90 Å². The standard InChI is InChI=1S/C28H27NO3/c1-18-10-13-22(14-11-18)25-24(26(30)23-17-19(2)9-12-20(23)3)27(31)28(32)29(25)16-15-21-7-5-4-6-8-21/h4-14,17,25,30H,15-16H2,1-3H3. The largest absolute Gasteiger partial charge is 0.507 e. The summed E-state index contributed by atoms with van der Waals surface area (Å²) in [6, 6.07) is 22.8. The number of ketones is 1. The van der Waals surface area contributed by atoms with Crippen molar-refractivity contribution in [3.8, 4) is 0 Å². The summed E-state index contributed by atoms with van der Waals surface area (Å²) in [6.45, 7) is 6.20. The van der Waals surface area contributed by atoms with Crippen LogP contribution in [0.15, 0.2) is 78.4 Å². The molecule has 0 spiro atoms. The van der Waals surface area contributed by atoms with Gasteiger partial charge in [-0.15, -0.1) is 0 Å². The summed E-state index contributed by atoms with van der Waals surface area (Å²) < 4.78 is 0. The molecule has 4 heteroatoms. The molecule has 32 heavy (non-hydrogen) atoms. The van der Waals surface area contributed by atoms with Crippen LogP contribution in [0.3, 0.4) is 0 Å². The van der Waals surface area contributed by atoms with Gasteiger partial charge >= 0.3 is 0 Å². The minimum Gasteiger partial charge on any atom is -0.507 e. The smallest absolute Gasteiger partial charge is 0.295 e. The number of carbonyl (C=O) groups excluding carboxylic acids is 2. The molecule has 0 saturated carbocycles. The zero-order chi connectivity index (χ0) is 22.8. The van der Waals surface area contributed by atoms with Crippen molar-refractivity contribution in [1.29, 1.82) is 0 Å². The summed E-state index contributed by atoms with van der Waals surface area (Å²) >= 11 is 0. The number of amides is 1. The maximum absolute atomic E-state index is 13.2. The van der Waals surface area contributed by atoms with Crippen molar-refractivity contribution in [1.82, 2.24) is 4.90 Å². The Morgan fingerprint density at radius 3 is 2.22 bits per heavy atom. The molecule has 1 N–H and O–H groups in total. The number of nitrogens with zero attached hydrogens (tertiary/aromatic N) is 1. The molecule has 0 bridgehead atoms. The number of benzene rings is 3. The Labute approximate surface area is 188 Å². The van der Waals surface area contributed by atoms with E-state index >= 15 is 0 Å². The summed E-state index contributed by atoms with van der Waals surface area (Å²) in [7, 11) is 0. The third-order valence-electron chi connectivity index (χ3n) is 6.07. The second-order valence-corrected chi connectivity index (χ2v) is 8.46. The van der Waals surface area contributed by atoms with Crippen LogP contribution in [0.2, 0.25) is 0 Å². The number of aryl methyl sites for hydroxylation is 3. The molecule has 1 aliphatic heterocycles. The minimum atomic E-state index is -0.637. The Bertz CT molecular complexity index is 1190. The molecule has 1 fully saturated rings. The molecule has 3 aromatic carbocycles. The number of aliphatic hydroxyl groups excluding tert-OH is 1. The van der Waals surface area contributed by atoms with E-state index in [0.29, 0.717) is 18.5 Å². The number of hydrogen-bond donors (Lipinski definition) is 1. The number of Topliss-reactive ketones (excluding diaryl/α,β-unsaturated/α-hetero) is 1. The number of hydrogen-bond acceptors (Lipinski definition) is 3. The Morgan fingerprint density at radius 2 is 1.53 bits per heavy atom. The minimum absolute atomic E-state index is 0.114. The molecule has 0 radical (unpaired) electrons. The van der Waals surface area contributed by atoms with Gasteiger partial charge in [0.25, 0.3) is 11.7 Å². The van der Waals surface area contributed by atoms with E-state index < -0.39 is 17.7 Å². The van der Waals surface area contributed by atoms with Crippen molar-refractivity contribution < 1.29 is 14.7 Å². The van der Waals surface area contributed by atoms with Gasteiger partial charge in [0.15, 0.2) is 0 Å². The number of aliphatic hydroxyl groups is 1. The Morgan fingerprint density at radius 1 is 0.875 bits per heavy atom. The first-order valence-electron chi connectivity index (χ1n) is 10.8. The van der Waals surface area contributed by atoms with Crippen molar-refractivity contribution in [3.63, 3.8) is 0 Å². The van der Waals surface area contributed by atoms with Crippen molar-refractivity contribution in [2.45, 2.75) is 33.2 Å². The lowest BCUT2D eigenvalue weighted by Crippen LogP contribution is -2.31. The van der Waals surface area contributed by atoms with Gasteiger partial charge in [0.05, 0.1) is 11.6 Å². The van der Waals surface area contributed by atoms with Gasteiger partial charge in [-0.25, -0.2) is 0 Å². The van der Waals surface area contributed by atoms with Crippen molar-refractivity contribution in [3.05, 3.63) is 112 Å². The third kappa shape index (κ3) is 4.09. The fourth-order valence-electron chi connectivity index (χ4n) is 4.24. The fraction of sp³-hybridized carbons (Fsp3) is 0.214. The Balaban J connectivity index is 1.82. The van der Waals surface area contributed by atoms with Gasteiger partial charge in [-0.05, 0) is 49.9 Å². The second kappa shape index (κ2) is 8.83. The summed E-state index contributed by atoms with van der Waals surface area (Å²) in [5.74, 6) is -1.32. The summed E-state index contributed by atoms with van der Waals surface area (Å²) in [6.07, 6.45) is 0.625. The quantitative estimate of drug-likeness (QED) is 0.344. The summed E-state index contributed by atoms with van der Waals surface area (Å²) in [5, 5.41) is 11.3. The van der Waals surface area contributed by atoms with Crippen LogP contribution in [0.4, 0.5) is 0 Å². The van der Waals surface area contributed by atoms with Gasteiger partial charge in [-0.3, -0.25) is 9.59 Å². The van der Waals surface area contributed by atoms with Crippen LogP contribution in [-0.2, 0) is 16.0 Å². The molecule has 0 aliphatic carbocycles. The molecule has 162 valence electrons. The Hall–Kier alpha value is -3.66. The van der Waals surface area contributed by atoms with Crippen LogP contribution in [0.25, 0.3) is 5.76 Å². The van der Waals surface area contributed by atoms with E-state index in [0.717, 1.165) is 27.8 Å². The highest BCUT2D eigenvalue weighted by Gasteiger charge is 2.45. The molecule has 4 nitrogen and oxygen atoms in total. The van der Waals surface area contributed by atoms with Crippen LogP contribution in [0, 0.1) is 20.8 Å². The molecular weight excluding hydrogens is 398 g/mol. The highest BCUT2D eigenvalue weighted by molar-refractivity contribution is 6.46. The lowest BCUT2D eigenvalue weighted by atomic mass is 9.93. The number of likely N-dealkylation sites (tertiary alicyclic amines) is 1. The van der Waals surface area contributed by atoms with E-state index in [1.165, 1.54) is 0 Å². The lowest BCUT2D eigenvalue weighted by molar-refractivity contribution is -0.139. The number of rotatable bonds is 5. The van der Waals surface area contributed by atoms with Crippen LogP contribution in [-0.4, -0.2) is 28.2 Å². The van der Waals surface area contributed by atoms with Crippen molar-refractivity contribution >= 4 is 17.4 Å². The first-order chi connectivity index (χ1) is 15.4. The fourth-order valence-corrected chi connectivity index (χ4v) is 4.24. The van der Waals surface area contributed by atoms with Gasteiger partial charge in [-0.1, -0.05) is 77.9 Å². The van der Waals surface area contributed by atoms with Crippen LogP contribution in [0.5, 0.6) is 0 Å². The average Bonchev–Trinajstić information content (AvgIpc) is 3.05. The van der Waals surface area contributed by atoms with E-state index in [2.05, 4.69) is 0 Å². The van der Waals surface area contributed by atoms with Gasteiger partial charge in [-0.2, -0.15) is 0 Å². The first kappa shape index (κ1) is 21.6. The SMILES string of the molecule is Cc1ccc(C2C(=C(O)c3cc(C)ccc3C)C(=O)C(=O)N2CCc2ccccc2)cc1. The molecule has 1 amide bonds. The van der Waals surface area contributed by atoms with E-state index in [1.807, 2.05) is 93.6 Å². The van der Waals surface area contributed by atoms with Gasteiger partial charge in [0.1, 0.15) is 5.76 Å². The van der Waals surface area contributed by atoms with E-state index in [9.17, 15) is 14.7 Å². The normalized spacial score (nSPS) is 17.7. The van der Waals surface area contributed by atoms with E-state index in [4.69, 9.17) is 0 Å². The third-order valence-corrected chi connectivity index (χ3v) is 6.07. The molecule has 1 unspecified atom stereocenters. The molecule has 1 atom stereocenters. The topological polar surface area (TPSA) is 57.6 Å². The lowest BCUT2D eigenvalue weighted by Gasteiger charge is -2.25. The average molecular weight is 426 g/mol. The molecular formula is C28H27NO3. The molecule has 1 saturated heterocycles. The molecule has 1 heterocycles. The number of carbonyl (C=O) groups is 2. The highest BCUT2D eigenvalue weighted by Crippen LogP contribution is 2.40. The van der Waals surface area contributed by atoms with Gasteiger partial charge in [0.2, 0.25) is 0 Å². The highest BCUT2D eigenvalue weighted by atomic mass is 16.3. The zero-order valence-electron chi connectivity index (χ0n) is 18.6. The molecule has 3 aromatic rings. The predicted molar refractivity (Wildman–Crippen MR) is 126 cm³/mol. The van der Waals surface area contributed by atoms with Gasteiger partial charge in [0, 0.05) is 12.1 Å². The van der Waals surface area contributed by atoms with Crippen LogP contribution >= 0.6 is 0 Å². The van der Waals surface area contributed by atoms with E-state index in [-0.39, 0.29) is 11.3 Å². The predicted octanol–water partition coefficient (Wildman–Crippen LogP) is 5.28. The van der Waals surface area contributed by atoms with Crippen LogP contribution < -0.4 is 0 Å². The Kier molecular flexibility index (Phi) is 5.95. The molecule has 1 aliphatic rings. The molecule has 0 aromatic heterocycles. The van der Waals surface area contributed by atoms with Crippen LogP contribution in [0.1, 0.15) is 39.4 Å². The zero-order valence-corrected chi connectivity index (χ0v) is 18.6. The second-order valence-electron chi connectivity index (χ2n) is 8.46. The summed E-state index contributed by atoms with van der Waals surface area (Å²) in [5.41, 5.74) is 5.56.